The van der Waals surface area contributed by atoms with Crippen LogP contribution >= 0.6 is 35.3 Å². The van der Waals surface area contributed by atoms with E-state index in [9.17, 15) is 45.3 Å². The first-order valence-corrected chi connectivity index (χ1v) is 46.9. The van der Waals surface area contributed by atoms with Crippen LogP contribution in [0.5, 0.6) is 46.0 Å². The Morgan fingerprint density at radius 1 is 0.306 bits per heavy atom. The topological polar surface area (TPSA) is 244 Å². The fraction of sp³-hybridized carbons (Fsp3) is 0.519. The summed E-state index contributed by atoms with van der Waals surface area (Å²) in [5.41, 5.74) is 22.7. The van der Waals surface area contributed by atoms with Gasteiger partial charge in [-0.15, -0.1) is 0 Å². The zero-order valence-electron chi connectivity index (χ0n) is 77.2. The number of fused-ring (bicyclic) bond motifs is 16. The molecule has 0 spiro atoms. The van der Waals surface area contributed by atoms with Crippen LogP contribution in [0.4, 0.5) is 0 Å². The van der Waals surface area contributed by atoms with Crippen LogP contribution in [0.2, 0.25) is 0 Å². The van der Waals surface area contributed by atoms with Gasteiger partial charge < -0.3 is 61.6 Å². The van der Waals surface area contributed by atoms with E-state index in [0.717, 1.165) is 84.7 Å². The summed E-state index contributed by atoms with van der Waals surface area (Å²) in [6, 6.07) is 33.3. The average molecular weight is 1710 g/mol. The smallest absolute Gasteiger partial charge is 0.257 e. The van der Waals surface area contributed by atoms with E-state index >= 15 is 0 Å². The molecule has 17 heteroatoms. The predicted octanol–water partition coefficient (Wildman–Crippen LogP) is 20.9. The van der Waals surface area contributed by atoms with E-state index in [4.69, 9.17) is 15.2 Å². The van der Waals surface area contributed by atoms with Crippen molar-refractivity contribution in [2.24, 2.45) is 11.1 Å². The molecule has 2 aliphatic rings. The van der Waals surface area contributed by atoms with Gasteiger partial charge in [-0.3, -0.25) is 9.59 Å². The molecule has 11 N–H and O–H groups in total. The Bertz CT molecular complexity index is 4560. The lowest BCUT2D eigenvalue weighted by Gasteiger charge is -2.31. The van der Waals surface area contributed by atoms with Crippen molar-refractivity contribution in [3.63, 3.8) is 0 Å². The summed E-state index contributed by atoms with van der Waals surface area (Å²) in [7, 11) is 0. The van der Waals surface area contributed by atoms with Gasteiger partial charge >= 0.3 is 0 Å². The number of thioether (sulfide) groups is 3. The Morgan fingerprint density at radius 3 is 0.678 bits per heavy atom. The van der Waals surface area contributed by atoms with Crippen molar-refractivity contribution in [3.8, 4) is 46.0 Å². The zero-order valence-corrected chi connectivity index (χ0v) is 79.6. The number of carbonyl (C=O) groups is 2. The number of nitrogens with one attached hydrogen (secondary N) is 2. The van der Waals surface area contributed by atoms with Crippen molar-refractivity contribution in [3.05, 3.63) is 231 Å². The number of aliphatic hydroxyl groups excluding tert-OH is 1. The highest BCUT2D eigenvalue weighted by atomic mass is 32.2. The number of rotatable bonds is 22. The zero-order chi connectivity index (χ0) is 89.2. The number of phenols is 6. The Balaban J connectivity index is 0.864. The largest absolute Gasteiger partial charge is 0.507 e. The Morgan fingerprint density at radius 2 is 0.496 bits per heavy atom. The van der Waals surface area contributed by atoms with Crippen molar-refractivity contribution < 1.29 is 54.8 Å². The third-order valence-corrected chi connectivity index (χ3v) is 27.7. The fourth-order valence-corrected chi connectivity index (χ4v) is 19.4. The molecule has 0 atom stereocenters. The van der Waals surface area contributed by atoms with E-state index < -0.39 is 5.41 Å². The molecule has 8 aromatic rings. The number of aliphatic hydroxyl groups is 1. The standard InChI is InChI=1S/C104H141N3O11S3/c1-96(2,3)78-41-62-33-66-45-80(98(7,8)9)49-70(90(66)113)37-74-53-84(102(19,20)21)54-75(38-71-50-81(99(10,11)12)46-67(91(71)114)34-63(42-78)88(62)111)94(74)117-57-86(109)106-27-31-120-60-104(59-108,25-29-119-30-26-105)61-121-32-28-107-87(110)58-118-95-76-39-72-51-82(100(13,14)15)47-68(92(72)115)35-64-43-79(97(4,5)6)44-65(89(64)112)36-69-48-83(101(16,17)18)52-73(93(69)116)40-77(95)56-85(55-76)103(22,23)24/h41-56,108,111-116H,25-40,57-61,105H2,1-24H3,(H,106,109)(H,107,110). The maximum Gasteiger partial charge on any atom is 0.257 e. The SMILES string of the molecule is CC(C)(C)c1cc2c(O)c(c1)Cc1cc(C(C)(C)C)cc(c1O)Cc1cc(C(C)(C)C)cc(c1OCC(=O)NCCSCC(CO)(CCSCCN)CSCCNC(=O)COc1c3cc(C(C)(C)C)cc1Cc1cc(C(C)(C)C)cc(c1O)Cc1cc(C(C)(C)C)cc(c1O)Cc1cc(C(C)(C)C)cc(c1O)C3)Cc1cc(C(C)(C)C)cc(c1O)C2. The van der Waals surface area contributed by atoms with Crippen molar-refractivity contribution in [2.45, 2.75) is 267 Å². The molecular formula is C104H141N3O11S3. The van der Waals surface area contributed by atoms with E-state index in [1.165, 1.54) is 0 Å². The fourth-order valence-electron chi connectivity index (χ4n) is 16.0. The lowest BCUT2D eigenvalue weighted by Crippen LogP contribution is -2.35. The van der Waals surface area contributed by atoms with Gasteiger partial charge in [-0.2, -0.15) is 35.3 Å². The summed E-state index contributed by atoms with van der Waals surface area (Å²) in [6.07, 6.45) is 2.80. The monoisotopic (exact) mass is 1700 g/mol. The first-order chi connectivity index (χ1) is 56.1. The maximum atomic E-state index is 14.3. The van der Waals surface area contributed by atoms with Gasteiger partial charge in [0.2, 0.25) is 0 Å². The van der Waals surface area contributed by atoms with Crippen LogP contribution in [0.15, 0.2) is 97.1 Å². The summed E-state index contributed by atoms with van der Waals surface area (Å²) in [5, 5.41) is 92.9. The van der Waals surface area contributed by atoms with Crippen LogP contribution in [-0.4, -0.2) is 122 Å². The molecule has 0 radical (unpaired) electrons. The van der Waals surface area contributed by atoms with Crippen LogP contribution in [0.3, 0.4) is 0 Å². The predicted molar refractivity (Wildman–Crippen MR) is 506 cm³/mol. The van der Waals surface area contributed by atoms with Gasteiger partial charge in [0.1, 0.15) is 46.0 Å². The summed E-state index contributed by atoms with van der Waals surface area (Å²) in [5.74, 6) is 5.20. The number of nitrogens with two attached hydrogens (primary N) is 1. The molecule has 14 nitrogen and oxygen atoms in total. The van der Waals surface area contributed by atoms with Crippen LogP contribution in [0.25, 0.3) is 0 Å². The molecule has 0 fully saturated rings. The molecule has 656 valence electrons. The molecule has 121 heavy (non-hydrogen) atoms. The highest BCUT2D eigenvalue weighted by Gasteiger charge is 2.35. The van der Waals surface area contributed by atoms with Crippen LogP contribution in [0.1, 0.15) is 306 Å². The van der Waals surface area contributed by atoms with Gasteiger partial charge in [0.25, 0.3) is 11.8 Å². The molecule has 0 heterocycles. The lowest BCUT2D eigenvalue weighted by molar-refractivity contribution is -0.123. The summed E-state index contributed by atoms with van der Waals surface area (Å²) < 4.78 is 13.7. The highest BCUT2D eigenvalue weighted by Crippen LogP contribution is 2.48. The molecule has 2 amide bonds. The summed E-state index contributed by atoms with van der Waals surface area (Å²) in [4.78, 5) is 28.7. The van der Waals surface area contributed by atoms with Crippen LogP contribution in [-0.2, 0) is 104 Å². The van der Waals surface area contributed by atoms with Crippen LogP contribution < -0.4 is 25.8 Å². The molecule has 0 aromatic heterocycles. The van der Waals surface area contributed by atoms with Gasteiger partial charge in [0.15, 0.2) is 13.2 Å². The number of benzene rings is 8. The summed E-state index contributed by atoms with van der Waals surface area (Å²) >= 11 is 5.11. The van der Waals surface area contributed by atoms with Gasteiger partial charge in [0.05, 0.1) is 6.61 Å². The van der Waals surface area contributed by atoms with Gasteiger partial charge in [-0.1, -0.05) is 263 Å². The number of hydrogen-bond donors (Lipinski definition) is 10. The van der Waals surface area contributed by atoms with E-state index in [1.54, 1.807) is 35.3 Å². The van der Waals surface area contributed by atoms with Crippen LogP contribution in [0, 0.1) is 5.41 Å². The lowest BCUT2D eigenvalue weighted by atomic mass is 9.79. The Labute approximate surface area is 736 Å². The molecule has 0 aliphatic heterocycles. The number of amides is 2. The molecule has 0 unspecified atom stereocenters. The van der Waals surface area contributed by atoms with Crippen molar-refractivity contribution in [1.82, 2.24) is 10.6 Å². The third-order valence-electron chi connectivity index (χ3n) is 24.1. The average Bonchev–Trinajstić information content (AvgIpc) is 0.765. The highest BCUT2D eigenvalue weighted by molar-refractivity contribution is 8.00. The molecular weight excluding hydrogens is 1560 g/mol. The minimum atomic E-state index is -0.486. The first kappa shape index (κ1) is 95.3. The second kappa shape index (κ2) is 37.5. The minimum absolute atomic E-state index is 0.0585. The maximum absolute atomic E-state index is 14.3. The van der Waals surface area contributed by atoms with E-state index in [2.05, 4.69) is 274 Å². The van der Waals surface area contributed by atoms with Crippen molar-refractivity contribution in [2.75, 3.05) is 74.0 Å². The van der Waals surface area contributed by atoms with Gasteiger partial charge in [-0.05, 0) is 189 Å². The quantitative estimate of drug-likeness (QED) is 0.0284. The normalized spacial score (nSPS) is 13.9. The van der Waals surface area contributed by atoms with E-state index in [-0.39, 0.29) is 161 Å². The molecule has 0 saturated heterocycles. The first-order valence-electron chi connectivity index (χ1n) is 43.4. The van der Waals surface area contributed by atoms with Crippen molar-refractivity contribution in [1.29, 1.82) is 0 Å². The summed E-state index contributed by atoms with van der Waals surface area (Å²) in [6.45, 7) is 52.4. The van der Waals surface area contributed by atoms with Gasteiger partial charge in [0, 0.05) is 105 Å². The Kier molecular flexibility index (Phi) is 29.5. The molecule has 8 aromatic carbocycles. The second-order valence-corrected chi connectivity index (χ2v) is 46.1. The number of ether oxygens (including phenoxy) is 2. The van der Waals surface area contributed by atoms with E-state index in [1.807, 2.05) is 0 Å². The van der Waals surface area contributed by atoms with E-state index in [0.29, 0.717) is 121 Å². The molecule has 10 rings (SSSR count). The second-order valence-electron chi connectivity index (χ2n) is 42.7. The molecule has 2 aliphatic carbocycles. The Hall–Kier alpha value is -7.93. The number of aromatic hydroxyl groups is 6. The number of hydrogen-bond acceptors (Lipinski definition) is 15. The minimum Gasteiger partial charge on any atom is -0.507 e. The van der Waals surface area contributed by atoms with Crippen molar-refractivity contribution >= 4 is 47.1 Å². The third kappa shape index (κ3) is 24.0. The molecule has 16 bridgehead atoms. The van der Waals surface area contributed by atoms with Gasteiger partial charge in [-0.25, -0.2) is 0 Å². The molecule has 0 saturated carbocycles. The number of carbonyl (C=O) groups excluding carboxylic acids is 2. The number of phenolic OH excluding ortho intramolecular Hbond substituents is 6.